The van der Waals surface area contributed by atoms with Crippen molar-refractivity contribution in [3.63, 3.8) is 0 Å². The predicted molar refractivity (Wildman–Crippen MR) is 172 cm³/mol. The summed E-state index contributed by atoms with van der Waals surface area (Å²) in [5.74, 6) is -12.8. The number of hydrogen-bond donors (Lipinski definition) is 3. The Morgan fingerprint density at radius 3 is 1.96 bits per heavy atom. The summed E-state index contributed by atoms with van der Waals surface area (Å²) < 4.78 is 67.1. The minimum atomic E-state index is -5.01. The highest BCUT2D eigenvalue weighted by atomic mass is 35.5. The number of carbonyl (C=O) groups excluding carboxylic acids is 4. The van der Waals surface area contributed by atoms with Crippen LogP contribution >= 0.6 is 34.8 Å². The highest BCUT2D eigenvalue weighted by Gasteiger charge is 2.52. The van der Waals surface area contributed by atoms with Crippen LogP contribution in [0.25, 0.3) is 0 Å². The van der Waals surface area contributed by atoms with Crippen LogP contribution in [0.15, 0.2) is 72.8 Å². The molecule has 3 amide bonds. The quantitative estimate of drug-likeness (QED) is 0.124. The Morgan fingerprint density at radius 2 is 1.40 bits per heavy atom. The monoisotopic (exact) mass is 733 g/mol. The van der Waals surface area contributed by atoms with Crippen molar-refractivity contribution < 1.29 is 41.1 Å². The molecular formula is C33H31Cl3F5N3O4. The zero-order valence-corrected chi connectivity index (χ0v) is 27.8. The van der Waals surface area contributed by atoms with Gasteiger partial charge in [-0.05, 0) is 46.9 Å². The van der Waals surface area contributed by atoms with Crippen molar-refractivity contribution in [1.29, 1.82) is 0 Å². The molecule has 0 aliphatic carbocycles. The lowest BCUT2D eigenvalue weighted by Crippen LogP contribution is -2.59. The fraction of sp³-hybridized carbons (Fsp3) is 0.333. The van der Waals surface area contributed by atoms with Gasteiger partial charge in [-0.2, -0.15) is 22.0 Å². The number of benzene rings is 3. The first-order chi connectivity index (χ1) is 22.4. The van der Waals surface area contributed by atoms with E-state index in [1.54, 1.807) is 60.7 Å². The Kier molecular flexibility index (Phi) is 13.4. The zero-order chi connectivity index (χ0) is 35.8. The smallest absolute Gasteiger partial charge is 0.344 e. The molecule has 0 saturated heterocycles. The lowest BCUT2D eigenvalue weighted by atomic mass is 9.88. The second-order valence-corrected chi connectivity index (χ2v) is 12.5. The standard InChI is InChI=1S/C33H31Cl3F5N3O4/c1-18(2)28(29(46)33(40,41)31(48)42-17-32(37,38)39)44-30(47)26(14-19-8-11-22(34)12-9-19)43-27(45)16-23(20-6-4-3-5-7-20)21-10-13-24(35)25(36)15-21/h3-13,15,18,23,26,28H,14,16-17H2,1-2H3,(H,42,48)(H,43,45)(H,44,47)/t23?,26?,28-/m0/s1. The summed E-state index contributed by atoms with van der Waals surface area (Å²) in [4.78, 5) is 51.9. The summed E-state index contributed by atoms with van der Waals surface area (Å²) in [6, 6.07) is 16.6. The minimum absolute atomic E-state index is 0.168. The van der Waals surface area contributed by atoms with E-state index in [9.17, 15) is 41.1 Å². The molecule has 0 aliphatic heterocycles. The van der Waals surface area contributed by atoms with E-state index in [4.69, 9.17) is 34.8 Å². The van der Waals surface area contributed by atoms with Gasteiger partial charge >= 0.3 is 12.1 Å². The number of carbonyl (C=O) groups is 4. The molecule has 2 unspecified atom stereocenters. The number of hydrogen-bond acceptors (Lipinski definition) is 4. The van der Waals surface area contributed by atoms with Gasteiger partial charge in [0, 0.05) is 23.8 Å². The third kappa shape index (κ3) is 10.9. The Labute approximate surface area is 288 Å². The molecule has 0 bridgehead atoms. The highest BCUT2D eigenvalue weighted by molar-refractivity contribution is 6.42. The van der Waals surface area contributed by atoms with Crippen molar-refractivity contribution in [2.24, 2.45) is 5.92 Å². The SMILES string of the molecule is CC(C)[C@H](NC(=O)C(Cc1ccc(Cl)cc1)NC(=O)CC(c1ccccc1)c1ccc(Cl)c(Cl)c1)C(=O)C(F)(F)C(=O)NCC(F)(F)F. The van der Waals surface area contributed by atoms with E-state index in [0.717, 1.165) is 10.9 Å². The van der Waals surface area contributed by atoms with Gasteiger partial charge in [-0.25, -0.2) is 0 Å². The molecule has 0 aliphatic rings. The first-order valence-corrected chi connectivity index (χ1v) is 15.6. The van der Waals surface area contributed by atoms with Crippen LogP contribution in [0.3, 0.4) is 0 Å². The molecule has 3 N–H and O–H groups in total. The largest absolute Gasteiger partial charge is 0.405 e. The number of nitrogens with one attached hydrogen (secondary N) is 3. The van der Waals surface area contributed by atoms with Gasteiger partial charge in [-0.1, -0.05) is 97.2 Å². The number of alkyl halides is 5. The molecule has 0 spiro atoms. The number of rotatable bonds is 14. The maximum absolute atomic E-state index is 14.8. The summed E-state index contributed by atoms with van der Waals surface area (Å²) in [5.41, 5.74) is 1.88. The second kappa shape index (κ2) is 16.6. The normalized spacial score (nSPS) is 13.7. The molecule has 0 aromatic heterocycles. The van der Waals surface area contributed by atoms with Crippen LogP contribution in [0.5, 0.6) is 0 Å². The lowest BCUT2D eigenvalue weighted by molar-refractivity contribution is -0.165. The Bertz CT molecular complexity index is 1610. The third-order valence-corrected chi connectivity index (χ3v) is 8.22. The van der Waals surface area contributed by atoms with Crippen molar-refractivity contribution in [2.75, 3.05) is 6.54 Å². The van der Waals surface area contributed by atoms with Crippen molar-refractivity contribution >= 4 is 58.3 Å². The van der Waals surface area contributed by atoms with Gasteiger partial charge in [0.1, 0.15) is 12.6 Å². The van der Waals surface area contributed by atoms with E-state index in [1.807, 2.05) is 0 Å². The second-order valence-electron chi connectivity index (χ2n) is 11.3. The molecule has 3 rings (SSSR count). The van der Waals surface area contributed by atoms with Crippen LogP contribution < -0.4 is 16.0 Å². The molecule has 3 atom stereocenters. The number of halogens is 8. The maximum atomic E-state index is 14.8. The lowest BCUT2D eigenvalue weighted by Gasteiger charge is -2.28. The van der Waals surface area contributed by atoms with Crippen molar-refractivity contribution in [2.45, 2.75) is 56.8 Å². The maximum Gasteiger partial charge on any atom is 0.405 e. The first-order valence-electron chi connectivity index (χ1n) is 14.5. The molecular weight excluding hydrogens is 704 g/mol. The summed E-state index contributed by atoms with van der Waals surface area (Å²) >= 11 is 18.3. The van der Waals surface area contributed by atoms with Crippen molar-refractivity contribution in [1.82, 2.24) is 16.0 Å². The number of Topliss-reactive ketones (excluding diaryl/α,β-unsaturated/α-hetero) is 1. The summed E-state index contributed by atoms with van der Waals surface area (Å²) in [6.45, 7) is 0.497. The van der Waals surface area contributed by atoms with Gasteiger partial charge < -0.3 is 16.0 Å². The molecule has 3 aromatic carbocycles. The molecule has 15 heteroatoms. The van der Waals surface area contributed by atoms with Crippen LogP contribution in [-0.4, -0.2) is 54.2 Å². The molecule has 0 heterocycles. The van der Waals surface area contributed by atoms with E-state index in [1.165, 1.54) is 26.0 Å². The number of ketones is 1. The Balaban J connectivity index is 1.89. The Hall–Kier alpha value is -3.74. The molecule has 0 fully saturated rings. The minimum Gasteiger partial charge on any atom is -0.344 e. The topological polar surface area (TPSA) is 104 Å². The van der Waals surface area contributed by atoms with Gasteiger partial charge in [0.15, 0.2) is 0 Å². The zero-order valence-electron chi connectivity index (χ0n) is 25.5. The van der Waals surface area contributed by atoms with Crippen LogP contribution in [0.2, 0.25) is 15.1 Å². The molecule has 258 valence electrons. The molecule has 7 nitrogen and oxygen atoms in total. The summed E-state index contributed by atoms with van der Waals surface area (Å²) in [7, 11) is 0. The summed E-state index contributed by atoms with van der Waals surface area (Å²) in [5, 5.41) is 6.72. The number of amides is 3. The van der Waals surface area contributed by atoms with E-state index in [-0.39, 0.29) is 17.9 Å². The van der Waals surface area contributed by atoms with E-state index >= 15 is 0 Å². The van der Waals surface area contributed by atoms with Gasteiger partial charge in [-0.15, -0.1) is 0 Å². The summed E-state index contributed by atoms with van der Waals surface area (Å²) in [6.07, 6.45) is -5.37. The fourth-order valence-corrected chi connectivity index (χ4v) is 5.17. The van der Waals surface area contributed by atoms with Crippen LogP contribution in [0.1, 0.15) is 42.9 Å². The highest BCUT2D eigenvalue weighted by Crippen LogP contribution is 2.32. The van der Waals surface area contributed by atoms with Crippen LogP contribution in [-0.2, 0) is 25.6 Å². The molecule has 3 aromatic rings. The van der Waals surface area contributed by atoms with Crippen LogP contribution in [0.4, 0.5) is 22.0 Å². The first kappa shape index (κ1) is 38.7. The van der Waals surface area contributed by atoms with Crippen molar-refractivity contribution in [3.05, 3.63) is 105 Å². The van der Waals surface area contributed by atoms with Gasteiger partial charge in [-0.3, -0.25) is 19.2 Å². The van der Waals surface area contributed by atoms with Gasteiger partial charge in [0.2, 0.25) is 17.6 Å². The third-order valence-electron chi connectivity index (χ3n) is 7.23. The van der Waals surface area contributed by atoms with Crippen LogP contribution in [0, 0.1) is 5.92 Å². The molecule has 0 radical (unpaired) electrons. The van der Waals surface area contributed by atoms with E-state index < -0.39 is 66.1 Å². The Morgan fingerprint density at radius 1 is 0.771 bits per heavy atom. The van der Waals surface area contributed by atoms with Crippen molar-refractivity contribution in [3.8, 4) is 0 Å². The fourth-order valence-electron chi connectivity index (χ4n) is 4.73. The average molecular weight is 735 g/mol. The average Bonchev–Trinajstić information content (AvgIpc) is 3.02. The van der Waals surface area contributed by atoms with E-state index in [0.29, 0.717) is 21.2 Å². The predicted octanol–water partition coefficient (Wildman–Crippen LogP) is 6.92. The van der Waals surface area contributed by atoms with Gasteiger partial charge in [0.25, 0.3) is 5.91 Å². The van der Waals surface area contributed by atoms with Gasteiger partial charge in [0.05, 0.1) is 16.1 Å². The molecule has 0 saturated carbocycles. The molecule has 48 heavy (non-hydrogen) atoms. The van der Waals surface area contributed by atoms with E-state index in [2.05, 4.69) is 10.6 Å².